The van der Waals surface area contributed by atoms with Crippen molar-refractivity contribution in [2.45, 2.75) is 6.92 Å². The summed E-state index contributed by atoms with van der Waals surface area (Å²) < 4.78 is 13.5. The molecule has 112 valence electrons. The van der Waals surface area contributed by atoms with Gasteiger partial charge in [-0.25, -0.2) is 9.18 Å². The minimum absolute atomic E-state index is 0.129. The van der Waals surface area contributed by atoms with Gasteiger partial charge >= 0.3 is 6.03 Å². The highest BCUT2D eigenvalue weighted by molar-refractivity contribution is 5.99. The Bertz CT molecular complexity index is 812. The number of urea groups is 1. The van der Waals surface area contributed by atoms with Crippen molar-refractivity contribution in [2.75, 3.05) is 10.6 Å². The Morgan fingerprint density at radius 1 is 1.09 bits per heavy atom. The van der Waals surface area contributed by atoms with Gasteiger partial charge < -0.3 is 10.6 Å². The molecule has 22 heavy (non-hydrogen) atoms. The number of anilines is 2. The third kappa shape index (κ3) is 3.82. The molecule has 0 unspecified atom stereocenters. The van der Waals surface area contributed by atoms with E-state index in [0.717, 1.165) is 10.4 Å². The lowest BCUT2D eigenvalue weighted by atomic mass is 10.2. The zero-order valence-corrected chi connectivity index (χ0v) is 12.3. The van der Waals surface area contributed by atoms with E-state index in [4.69, 9.17) is 0 Å². The second kappa shape index (κ2) is 7.22. The quantitative estimate of drug-likeness (QED) is 0.897. The molecule has 2 amide bonds. The summed E-state index contributed by atoms with van der Waals surface area (Å²) in [5.41, 5.74) is 0.740. The number of hydrogen-bond acceptors (Lipinski definition) is 1. The van der Waals surface area contributed by atoms with Crippen LogP contribution in [0.15, 0.2) is 54.6 Å². The van der Waals surface area contributed by atoms with Crippen LogP contribution >= 0.6 is 0 Å². The summed E-state index contributed by atoms with van der Waals surface area (Å²) in [7, 11) is 0. The van der Waals surface area contributed by atoms with Crippen LogP contribution in [-0.2, 0) is 0 Å². The van der Waals surface area contributed by atoms with E-state index in [1.54, 1.807) is 24.3 Å². The fraction of sp³-hybridized carbons (Fsp3) is 0.0556. The first-order valence-electron chi connectivity index (χ1n) is 6.85. The second-order valence-electron chi connectivity index (χ2n) is 4.63. The molecule has 2 aromatic rings. The molecule has 0 spiro atoms. The Balaban J connectivity index is 2.24. The van der Waals surface area contributed by atoms with Crippen LogP contribution in [0.3, 0.4) is 0 Å². The number of para-hydroxylation sites is 1. The Kier molecular flexibility index (Phi) is 5.09. The van der Waals surface area contributed by atoms with Crippen molar-refractivity contribution in [3.63, 3.8) is 0 Å². The summed E-state index contributed by atoms with van der Waals surface area (Å²) >= 11 is 0. The Morgan fingerprint density at radius 2 is 1.77 bits per heavy atom. The summed E-state index contributed by atoms with van der Waals surface area (Å²) in [6, 6.07) is 10.9. The lowest BCUT2D eigenvalue weighted by Crippen LogP contribution is -2.30. The van der Waals surface area contributed by atoms with E-state index in [1.807, 2.05) is 31.2 Å². The first kappa shape index (κ1) is 15.5. The lowest BCUT2D eigenvalue weighted by molar-refractivity contribution is 0.262. The standard InChI is InChI=1S/C18H17FN2O/c1-3-4-9-14-13(2)8-7-12-16(14)20-18(22)21-17-11-6-5-10-15(17)19/h3-12H,2H2,1H3,(H2,20,21,22)/b4-3-,14-9+. The van der Waals surface area contributed by atoms with Gasteiger partial charge in [0.2, 0.25) is 0 Å². The molecule has 4 heteroatoms. The highest BCUT2D eigenvalue weighted by Gasteiger charge is 2.06. The fourth-order valence-electron chi connectivity index (χ4n) is 1.95. The number of benzene rings is 2. The van der Waals surface area contributed by atoms with Crippen molar-refractivity contribution in [3.05, 3.63) is 70.9 Å². The van der Waals surface area contributed by atoms with E-state index >= 15 is 0 Å². The van der Waals surface area contributed by atoms with Crippen molar-refractivity contribution in [3.8, 4) is 0 Å². The average Bonchev–Trinajstić information content (AvgIpc) is 2.49. The zero-order chi connectivity index (χ0) is 15.9. The number of carbonyl (C=O) groups excluding carboxylic acids is 1. The maximum absolute atomic E-state index is 13.5. The number of amides is 2. The number of carbonyl (C=O) groups is 1. The van der Waals surface area contributed by atoms with Gasteiger partial charge in [-0.15, -0.1) is 0 Å². The SMILES string of the molecule is C=c1cccc(NC(=O)Nc2ccccc2F)/c1=C/C=C\C. The molecule has 0 aliphatic carbocycles. The van der Waals surface area contributed by atoms with Crippen molar-refractivity contribution >= 4 is 30.1 Å². The van der Waals surface area contributed by atoms with E-state index in [0.29, 0.717) is 5.69 Å². The van der Waals surface area contributed by atoms with Crippen LogP contribution in [0.1, 0.15) is 6.92 Å². The molecule has 2 N–H and O–H groups in total. The van der Waals surface area contributed by atoms with E-state index < -0.39 is 11.8 Å². The summed E-state index contributed by atoms with van der Waals surface area (Å²) in [6.07, 6.45) is 5.61. The molecule has 0 bridgehead atoms. The van der Waals surface area contributed by atoms with Gasteiger partial charge in [0.1, 0.15) is 5.82 Å². The number of allylic oxidation sites excluding steroid dienone is 2. The average molecular weight is 296 g/mol. The van der Waals surface area contributed by atoms with Gasteiger partial charge in [0.25, 0.3) is 0 Å². The maximum atomic E-state index is 13.5. The Morgan fingerprint density at radius 3 is 2.50 bits per heavy atom. The van der Waals surface area contributed by atoms with Gasteiger partial charge in [0.15, 0.2) is 0 Å². The molecule has 0 heterocycles. The van der Waals surface area contributed by atoms with Crippen molar-refractivity contribution in [1.29, 1.82) is 0 Å². The molecule has 0 saturated carbocycles. The molecule has 2 rings (SSSR count). The van der Waals surface area contributed by atoms with Crippen LogP contribution in [0.4, 0.5) is 20.6 Å². The molecular formula is C18H17FN2O. The molecule has 3 nitrogen and oxygen atoms in total. The highest BCUT2D eigenvalue weighted by atomic mass is 19.1. The van der Waals surface area contributed by atoms with E-state index in [1.165, 1.54) is 12.1 Å². The Labute approximate surface area is 128 Å². The van der Waals surface area contributed by atoms with Crippen LogP contribution in [0.5, 0.6) is 0 Å². The fourth-order valence-corrected chi connectivity index (χ4v) is 1.95. The second-order valence-corrected chi connectivity index (χ2v) is 4.63. The van der Waals surface area contributed by atoms with Gasteiger partial charge in [-0.05, 0) is 30.3 Å². The minimum atomic E-state index is -0.508. The van der Waals surface area contributed by atoms with Gasteiger partial charge in [-0.2, -0.15) is 0 Å². The third-order valence-electron chi connectivity index (χ3n) is 3.02. The Hall–Kier alpha value is -2.88. The number of hydrogen-bond donors (Lipinski definition) is 2. The zero-order valence-electron chi connectivity index (χ0n) is 12.3. The van der Waals surface area contributed by atoms with E-state index in [9.17, 15) is 9.18 Å². The summed E-state index contributed by atoms with van der Waals surface area (Å²) in [5, 5.41) is 6.80. The van der Waals surface area contributed by atoms with Crippen LogP contribution in [0.25, 0.3) is 12.7 Å². The molecular weight excluding hydrogens is 279 g/mol. The first-order valence-corrected chi connectivity index (χ1v) is 6.85. The van der Waals surface area contributed by atoms with Gasteiger partial charge in [0, 0.05) is 5.22 Å². The smallest absolute Gasteiger partial charge is 0.307 e. The predicted molar refractivity (Wildman–Crippen MR) is 89.5 cm³/mol. The van der Waals surface area contributed by atoms with E-state index in [2.05, 4.69) is 17.2 Å². The van der Waals surface area contributed by atoms with Crippen molar-refractivity contribution in [1.82, 2.24) is 0 Å². The molecule has 0 saturated heterocycles. The molecule has 0 radical (unpaired) electrons. The van der Waals surface area contributed by atoms with Crippen LogP contribution in [-0.4, -0.2) is 6.03 Å². The van der Waals surface area contributed by atoms with Gasteiger partial charge in [-0.3, -0.25) is 0 Å². The monoisotopic (exact) mass is 296 g/mol. The number of halogens is 1. The maximum Gasteiger partial charge on any atom is 0.323 e. The van der Waals surface area contributed by atoms with Gasteiger partial charge in [0.05, 0.1) is 11.4 Å². The lowest BCUT2D eigenvalue weighted by Gasteiger charge is -2.09. The molecule has 0 fully saturated rings. The van der Waals surface area contributed by atoms with Crippen molar-refractivity contribution < 1.29 is 9.18 Å². The third-order valence-corrected chi connectivity index (χ3v) is 3.02. The number of rotatable bonds is 3. The highest BCUT2D eigenvalue weighted by Crippen LogP contribution is 2.12. The number of nitrogens with one attached hydrogen (secondary N) is 2. The molecule has 0 aromatic heterocycles. The molecule has 0 aliphatic rings. The van der Waals surface area contributed by atoms with Crippen molar-refractivity contribution in [2.24, 2.45) is 0 Å². The predicted octanol–water partition coefficient (Wildman–Crippen LogP) is 3.24. The molecule has 0 atom stereocenters. The molecule has 2 aromatic carbocycles. The summed E-state index contributed by atoms with van der Waals surface area (Å²) in [4.78, 5) is 12.0. The van der Waals surface area contributed by atoms with Crippen LogP contribution < -0.4 is 21.1 Å². The summed E-state index contributed by atoms with van der Waals surface area (Å²) in [5.74, 6) is -0.482. The summed E-state index contributed by atoms with van der Waals surface area (Å²) in [6.45, 7) is 5.85. The topological polar surface area (TPSA) is 41.1 Å². The largest absolute Gasteiger partial charge is 0.323 e. The normalized spacial score (nSPS) is 11.6. The van der Waals surface area contributed by atoms with E-state index in [-0.39, 0.29) is 5.69 Å². The minimum Gasteiger partial charge on any atom is -0.307 e. The van der Waals surface area contributed by atoms with Crippen LogP contribution in [0, 0.1) is 5.82 Å². The van der Waals surface area contributed by atoms with Crippen LogP contribution in [0.2, 0.25) is 0 Å². The first-order chi connectivity index (χ1) is 10.6. The molecule has 0 aliphatic heterocycles. The van der Waals surface area contributed by atoms with Gasteiger partial charge in [-0.1, -0.05) is 49.1 Å².